The maximum absolute atomic E-state index is 12.1. The van der Waals surface area contributed by atoms with Gasteiger partial charge in [-0.15, -0.1) is 0 Å². The summed E-state index contributed by atoms with van der Waals surface area (Å²) >= 11 is 0. The van der Waals surface area contributed by atoms with Crippen molar-refractivity contribution in [3.63, 3.8) is 0 Å². The number of carbonyl (C=O) groups excluding carboxylic acids is 3. The number of hydrogen-bond donors (Lipinski definition) is 2. The Morgan fingerprint density at radius 1 is 1.04 bits per heavy atom. The third-order valence-electron chi connectivity index (χ3n) is 3.95. The van der Waals surface area contributed by atoms with E-state index in [1.54, 1.807) is 6.07 Å². The van der Waals surface area contributed by atoms with Gasteiger partial charge in [0.05, 0.1) is 0 Å². The van der Waals surface area contributed by atoms with E-state index in [2.05, 4.69) is 5.32 Å². The molecule has 2 aromatic rings. The molecule has 0 aliphatic heterocycles. The fourth-order valence-corrected chi connectivity index (χ4v) is 2.19. The van der Waals surface area contributed by atoms with Crippen molar-refractivity contribution in [1.82, 2.24) is 0 Å². The van der Waals surface area contributed by atoms with Gasteiger partial charge in [-0.2, -0.15) is 0 Å². The van der Waals surface area contributed by atoms with Crippen LogP contribution >= 0.6 is 0 Å². The summed E-state index contributed by atoms with van der Waals surface area (Å²) in [7, 11) is 0. The van der Waals surface area contributed by atoms with E-state index in [0.717, 1.165) is 11.1 Å². The SMILES string of the molecule is Cc1ccc(OCC(=O)O[C@@H](C)C(=O)Nc2ccc(C(N)=O)cc2)cc1C. The molecule has 0 heterocycles. The lowest BCUT2D eigenvalue weighted by molar-refractivity contribution is -0.155. The van der Waals surface area contributed by atoms with Gasteiger partial charge in [-0.05, 0) is 68.3 Å². The van der Waals surface area contributed by atoms with E-state index in [4.69, 9.17) is 15.2 Å². The Bertz CT molecular complexity index is 846. The first kappa shape index (κ1) is 20.0. The molecule has 3 N–H and O–H groups in total. The lowest BCUT2D eigenvalue weighted by Gasteiger charge is -2.14. The average Bonchev–Trinajstić information content (AvgIpc) is 2.63. The molecule has 7 heteroatoms. The smallest absolute Gasteiger partial charge is 0.344 e. The average molecular weight is 370 g/mol. The molecule has 2 rings (SSSR count). The third kappa shape index (κ3) is 5.85. The first-order valence-electron chi connectivity index (χ1n) is 8.36. The molecule has 27 heavy (non-hydrogen) atoms. The molecular formula is C20H22N2O5. The molecule has 0 saturated heterocycles. The van der Waals surface area contributed by atoms with Gasteiger partial charge in [0.25, 0.3) is 5.91 Å². The van der Waals surface area contributed by atoms with Crippen LogP contribution in [0, 0.1) is 13.8 Å². The minimum absolute atomic E-state index is 0.298. The lowest BCUT2D eigenvalue weighted by Crippen LogP contribution is -2.31. The van der Waals surface area contributed by atoms with Crippen molar-refractivity contribution < 1.29 is 23.9 Å². The maximum Gasteiger partial charge on any atom is 0.344 e. The minimum atomic E-state index is -1.00. The fraction of sp³-hybridized carbons (Fsp3) is 0.250. The molecule has 0 aliphatic carbocycles. The van der Waals surface area contributed by atoms with Gasteiger partial charge in [-0.3, -0.25) is 9.59 Å². The summed E-state index contributed by atoms with van der Waals surface area (Å²) in [4.78, 5) is 35.0. The van der Waals surface area contributed by atoms with Gasteiger partial charge in [-0.1, -0.05) is 6.07 Å². The molecule has 0 radical (unpaired) electrons. The number of amides is 2. The topological polar surface area (TPSA) is 108 Å². The summed E-state index contributed by atoms with van der Waals surface area (Å²) in [5, 5.41) is 2.59. The number of ether oxygens (including phenoxy) is 2. The predicted molar refractivity (Wildman–Crippen MR) is 101 cm³/mol. The number of benzene rings is 2. The van der Waals surface area contributed by atoms with Crippen LogP contribution in [0.25, 0.3) is 0 Å². The molecule has 2 amide bonds. The van der Waals surface area contributed by atoms with Crippen LogP contribution in [0.4, 0.5) is 5.69 Å². The highest BCUT2D eigenvalue weighted by molar-refractivity contribution is 5.96. The molecule has 0 spiro atoms. The number of primary amides is 1. The van der Waals surface area contributed by atoms with Crippen LogP contribution in [-0.4, -0.2) is 30.5 Å². The van der Waals surface area contributed by atoms with Gasteiger partial charge in [0, 0.05) is 11.3 Å². The molecule has 0 bridgehead atoms. The number of aryl methyl sites for hydroxylation is 2. The van der Waals surface area contributed by atoms with Crippen LogP contribution in [0.5, 0.6) is 5.75 Å². The largest absolute Gasteiger partial charge is 0.482 e. The summed E-state index contributed by atoms with van der Waals surface area (Å²) < 4.78 is 10.5. The van der Waals surface area contributed by atoms with E-state index in [1.165, 1.54) is 31.2 Å². The van der Waals surface area contributed by atoms with E-state index in [0.29, 0.717) is 17.0 Å². The van der Waals surface area contributed by atoms with Gasteiger partial charge < -0.3 is 20.5 Å². The fourth-order valence-electron chi connectivity index (χ4n) is 2.19. The number of hydrogen-bond acceptors (Lipinski definition) is 5. The van der Waals surface area contributed by atoms with E-state index in [-0.39, 0.29) is 6.61 Å². The van der Waals surface area contributed by atoms with Crippen molar-refractivity contribution in [3.05, 3.63) is 59.2 Å². The lowest BCUT2D eigenvalue weighted by atomic mass is 10.1. The Hall–Kier alpha value is -3.35. The zero-order chi connectivity index (χ0) is 20.0. The molecule has 1 atom stereocenters. The Labute approximate surface area is 157 Å². The number of nitrogens with one attached hydrogen (secondary N) is 1. The van der Waals surface area contributed by atoms with Crippen LogP contribution in [0.2, 0.25) is 0 Å². The summed E-state index contributed by atoms with van der Waals surface area (Å²) in [5.41, 5.74) is 8.12. The zero-order valence-corrected chi connectivity index (χ0v) is 15.4. The second-order valence-electron chi connectivity index (χ2n) is 6.10. The zero-order valence-electron chi connectivity index (χ0n) is 15.4. The highest BCUT2D eigenvalue weighted by atomic mass is 16.6. The second-order valence-corrected chi connectivity index (χ2v) is 6.10. The molecule has 7 nitrogen and oxygen atoms in total. The number of rotatable bonds is 7. The van der Waals surface area contributed by atoms with Crippen LogP contribution < -0.4 is 15.8 Å². The predicted octanol–water partition coefficient (Wildman–Crippen LogP) is 2.35. The molecule has 2 aromatic carbocycles. The number of anilines is 1. The van der Waals surface area contributed by atoms with Crippen molar-refractivity contribution in [2.45, 2.75) is 26.9 Å². The Kier molecular flexibility index (Phi) is 6.54. The molecule has 0 aliphatic rings. The normalized spacial score (nSPS) is 11.4. The van der Waals surface area contributed by atoms with Crippen molar-refractivity contribution in [2.24, 2.45) is 5.73 Å². The highest BCUT2D eigenvalue weighted by Crippen LogP contribution is 2.16. The Morgan fingerprint density at radius 3 is 2.30 bits per heavy atom. The third-order valence-corrected chi connectivity index (χ3v) is 3.95. The summed E-state index contributed by atoms with van der Waals surface area (Å²) in [5.74, 6) is -1.15. The van der Waals surface area contributed by atoms with E-state index in [9.17, 15) is 14.4 Å². The minimum Gasteiger partial charge on any atom is -0.482 e. The van der Waals surface area contributed by atoms with E-state index in [1.807, 2.05) is 26.0 Å². The molecule has 0 aromatic heterocycles. The maximum atomic E-state index is 12.1. The monoisotopic (exact) mass is 370 g/mol. The second kappa shape index (κ2) is 8.84. The van der Waals surface area contributed by atoms with Crippen LogP contribution in [0.1, 0.15) is 28.4 Å². The van der Waals surface area contributed by atoms with Crippen LogP contribution in [0.15, 0.2) is 42.5 Å². The quantitative estimate of drug-likeness (QED) is 0.728. The number of nitrogens with two attached hydrogens (primary N) is 1. The standard InChI is InChI=1S/C20H22N2O5/c1-12-4-9-17(10-13(12)2)26-11-18(23)27-14(3)20(25)22-16-7-5-15(6-8-16)19(21)24/h4-10,14H,11H2,1-3H3,(H2,21,24)(H,22,25)/t14-/m0/s1. The molecule has 0 unspecified atom stereocenters. The Balaban J connectivity index is 1.83. The van der Waals surface area contributed by atoms with Gasteiger partial charge in [-0.25, -0.2) is 4.79 Å². The van der Waals surface area contributed by atoms with Crippen LogP contribution in [0.3, 0.4) is 0 Å². The highest BCUT2D eigenvalue weighted by Gasteiger charge is 2.18. The van der Waals surface area contributed by atoms with Crippen molar-refractivity contribution in [3.8, 4) is 5.75 Å². The molecular weight excluding hydrogens is 348 g/mol. The first-order chi connectivity index (χ1) is 12.8. The van der Waals surface area contributed by atoms with Crippen LogP contribution in [-0.2, 0) is 14.3 Å². The van der Waals surface area contributed by atoms with Gasteiger partial charge in [0.2, 0.25) is 5.91 Å². The van der Waals surface area contributed by atoms with E-state index >= 15 is 0 Å². The van der Waals surface area contributed by atoms with Gasteiger partial charge in [0.15, 0.2) is 12.7 Å². The van der Waals surface area contributed by atoms with Crippen molar-refractivity contribution >= 4 is 23.5 Å². The van der Waals surface area contributed by atoms with Crippen molar-refractivity contribution in [1.29, 1.82) is 0 Å². The molecule has 0 fully saturated rings. The summed E-state index contributed by atoms with van der Waals surface area (Å²) in [6.45, 7) is 5.09. The number of carbonyl (C=O) groups is 3. The van der Waals surface area contributed by atoms with E-state index < -0.39 is 23.9 Å². The molecule has 142 valence electrons. The summed E-state index contributed by atoms with van der Waals surface area (Å²) in [6, 6.07) is 11.5. The first-order valence-corrected chi connectivity index (χ1v) is 8.36. The van der Waals surface area contributed by atoms with Gasteiger partial charge in [0.1, 0.15) is 5.75 Å². The van der Waals surface area contributed by atoms with Crippen molar-refractivity contribution in [2.75, 3.05) is 11.9 Å². The molecule has 0 saturated carbocycles. The Morgan fingerprint density at radius 2 is 1.70 bits per heavy atom. The van der Waals surface area contributed by atoms with Gasteiger partial charge >= 0.3 is 5.97 Å². The number of esters is 1. The summed E-state index contributed by atoms with van der Waals surface area (Å²) in [6.07, 6.45) is -1.00.